The molecular formula is C23H25NO7S. The third-order valence-electron chi connectivity index (χ3n) is 5.33. The SMILES string of the molecule is COc1cc(N2CC=C(Oc3ccc(C4CC4)cc3)C2=O)ccc1OCCCS(=O)(=O)O. The summed E-state index contributed by atoms with van der Waals surface area (Å²) in [7, 11) is -2.54. The first-order valence-corrected chi connectivity index (χ1v) is 12.0. The molecule has 1 amide bonds. The fourth-order valence-electron chi connectivity index (χ4n) is 3.50. The molecule has 2 aromatic rings. The number of hydrogen-bond acceptors (Lipinski definition) is 6. The molecule has 0 unspecified atom stereocenters. The van der Waals surface area contributed by atoms with Crippen molar-refractivity contribution in [2.45, 2.75) is 25.2 Å². The van der Waals surface area contributed by atoms with Gasteiger partial charge in [0.1, 0.15) is 5.75 Å². The predicted octanol–water partition coefficient (Wildman–Crippen LogP) is 3.54. The molecule has 1 fully saturated rings. The van der Waals surface area contributed by atoms with E-state index < -0.39 is 10.1 Å². The molecule has 2 aromatic carbocycles. The minimum absolute atomic E-state index is 0.0945. The quantitative estimate of drug-likeness (QED) is 0.428. The lowest BCUT2D eigenvalue weighted by Crippen LogP contribution is -2.27. The molecule has 0 spiro atoms. The van der Waals surface area contributed by atoms with Crippen molar-refractivity contribution in [2.75, 3.05) is 30.9 Å². The van der Waals surface area contributed by atoms with Crippen molar-refractivity contribution in [3.05, 3.63) is 59.9 Å². The van der Waals surface area contributed by atoms with Gasteiger partial charge < -0.3 is 19.1 Å². The van der Waals surface area contributed by atoms with Gasteiger partial charge in [-0.2, -0.15) is 8.42 Å². The number of carbonyl (C=O) groups is 1. The number of methoxy groups -OCH3 is 1. The lowest BCUT2D eigenvalue weighted by molar-refractivity contribution is -0.116. The molecule has 0 radical (unpaired) electrons. The second-order valence-electron chi connectivity index (χ2n) is 7.75. The Labute approximate surface area is 187 Å². The zero-order chi connectivity index (χ0) is 22.7. The van der Waals surface area contributed by atoms with E-state index >= 15 is 0 Å². The van der Waals surface area contributed by atoms with Crippen LogP contribution in [0.25, 0.3) is 0 Å². The first-order valence-electron chi connectivity index (χ1n) is 10.4. The molecule has 0 saturated heterocycles. The van der Waals surface area contributed by atoms with Crippen LogP contribution < -0.4 is 19.1 Å². The van der Waals surface area contributed by atoms with Crippen LogP contribution in [0.2, 0.25) is 0 Å². The molecule has 32 heavy (non-hydrogen) atoms. The molecule has 1 saturated carbocycles. The number of ether oxygens (including phenoxy) is 3. The zero-order valence-corrected chi connectivity index (χ0v) is 18.5. The van der Waals surface area contributed by atoms with Crippen LogP contribution >= 0.6 is 0 Å². The van der Waals surface area contributed by atoms with Gasteiger partial charge in [-0.25, -0.2) is 0 Å². The van der Waals surface area contributed by atoms with Crippen LogP contribution in [0.15, 0.2) is 54.3 Å². The van der Waals surface area contributed by atoms with Crippen molar-refractivity contribution >= 4 is 21.7 Å². The van der Waals surface area contributed by atoms with Crippen LogP contribution in [0.3, 0.4) is 0 Å². The van der Waals surface area contributed by atoms with Gasteiger partial charge in [-0.3, -0.25) is 9.35 Å². The highest BCUT2D eigenvalue weighted by atomic mass is 32.2. The summed E-state index contributed by atoms with van der Waals surface area (Å²) in [5, 5.41) is 0. The Morgan fingerprint density at radius 1 is 1.09 bits per heavy atom. The summed E-state index contributed by atoms with van der Waals surface area (Å²) in [6.07, 6.45) is 4.34. The van der Waals surface area contributed by atoms with Crippen molar-refractivity contribution < 1.29 is 32.0 Å². The first kappa shape index (κ1) is 22.2. The molecule has 0 atom stereocenters. The maximum Gasteiger partial charge on any atom is 0.294 e. The lowest BCUT2D eigenvalue weighted by Gasteiger charge is -2.19. The Balaban J connectivity index is 1.37. The van der Waals surface area contributed by atoms with Crippen molar-refractivity contribution in [1.29, 1.82) is 0 Å². The number of carbonyl (C=O) groups excluding carboxylic acids is 1. The maximum atomic E-state index is 12.9. The van der Waals surface area contributed by atoms with Gasteiger partial charge in [0.2, 0.25) is 0 Å². The average Bonchev–Trinajstić information content (AvgIpc) is 3.56. The smallest absolute Gasteiger partial charge is 0.294 e. The van der Waals surface area contributed by atoms with Gasteiger partial charge >= 0.3 is 0 Å². The Morgan fingerprint density at radius 3 is 2.50 bits per heavy atom. The first-order chi connectivity index (χ1) is 15.3. The van der Waals surface area contributed by atoms with E-state index in [1.165, 1.54) is 25.5 Å². The molecule has 2 aliphatic rings. The van der Waals surface area contributed by atoms with Gasteiger partial charge in [-0.05, 0) is 61.1 Å². The molecule has 9 heteroatoms. The third kappa shape index (κ3) is 5.41. The predicted molar refractivity (Wildman–Crippen MR) is 119 cm³/mol. The number of amides is 1. The van der Waals surface area contributed by atoms with Gasteiger partial charge in [0.25, 0.3) is 16.0 Å². The molecule has 0 aromatic heterocycles. The standard InChI is InChI=1S/C23H25NO7S/c1-29-22-15-18(7-10-20(22)30-13-2-14-32(26,27)28)24-12-11-21(23(24)25)31-19-8-5-17(6-9-19)16-3-4-16/h5-11,15-16H,2-4,12-14H2,1H3,(H,26,27,28). The van der Waals surface area contributed by atoms with E-state index in [9.17, 15) is 13.2 Å². The fraction of sp³-hybridized carbons (Fsp3) is 0.348. The topological polar surface area (TPSA) is 102 Å². The molecule has 1 N–H and O–H groups in total. The molecule has 8 nitrogen and oxygen atoms in total. The van der Waals surface area contributed by atoms with E-state index in [4.69, 9.17) is 18.8 Å². The van der Waals surface area contributed by atoms with Crippen LogP contribution in [-0.2, 0) is 14.9 Å². The van der Waals surface area contributed by atoms with Gasteiger partial charge in [0, 0.05) is 18.3 Å². The Morgan fingerprint density at radius 2 is 1.84 bits per heavy atom. The van der Waals surface area contributed by atoms with Crippen molar-refractivity contribution in [3.8, 4) is 17.2 Å². The molecular weight excluding hydrogens is 434 g/mol. The third-order valence-corrected chi connectivity index (χ3v) is 6.14. The zero-order valence-electron chi connectivity index (χ0n) is 17.7. The van der Waals surface area contributed by atoms with Gasteiger partial charge in [0.15, 0.2) is 17.3 Å². The van der Waals surface area contributed by atoms with E-state index in [2.05, 4.69) is 0 Å². The number of hydrogen-bond donors (Lipinski definition) is 1. The van der Waals surface area contributed by atoms with E-state index in [1.807, 2.05) is 24.3 Å². The molecule has 170 valence electrons. The number of anilines is 1. The second kappa shape index (κ2) is 9.22. The molecule has 1 aliphatic carbocycles. The second-order valence-corrected chi connectivity index (χ2v) is 9.32. The van der Waals surface area contributed by atoms with Crippen LogP contribution in [0, 0.1) is 0 Å². The lowest BCUT2D eigenvalue weighted by atomic mass is 10.1. The fourth-order valence-corrected chi connectivity index (χ4v) is 3.99. The number of nitrogens with zero attached hydrogens (tertiary/aromatic N) is 1. The highest BCUT2D eigenvalue weighted by molar-refractivity contribution is 7.85. The summed E-state index contributed by atoms with van der Waals surface area (Å²) >= 11 is 0. The average molecular weight is 460 g/mol. The maximum absolute atomic E-state index is 12.9. The number of benzene rings is 2. The normalized spacial score (nSPS) is 16.1. The van der Waals surface area contributed by atoms with E-state index in [-0.39, 0.29) is 30.4 Å². The van der Waals surface area contributed by atoms with Crippen molar-refractivity contribution in [1.82, 2.24) is 0 Å². The van der Waals surface area contributed by atoms with Crippen molar-refractivity contribution in [2.24, 2.45) is 0 Å². The summed E-state index contributed by atoms with van der Waals surface area (Å²) in [6, 6.07) is 12.9. The Hall–Kier alpha value is -3.04. The highest BCUT2D eigenvalue weighted by Gasteiger charge is 2.28. The highest BCUT2D eigenvalue weighted by Crippen LogP contribution is 2.40. The van der Waals surface area contributed by atoms with Gasteiger partial charge in [0.05, 0.1) is 19.5 Å². The molecule has 0 bridgehead atoms. The molecule has 4 rings (SSSR count). The summed E-state index contributed by atoms with van der Waals surface area (Å²) in [6.45, 7) is 0.462. The summed E-state index contributed by atoms with van der Waals surface area (Å²) in [4.78, 5) is 14.4. The monoisotopic (exact) mass is 459 g/mol. The van der Waals surface area contributed by atoms with E-state index in [0.717, 1.165) is 0 Å². The largest absolute Gasteiger partial charge is 0.493 e. The van der Waals surface area contributed by atoms with E-state index in [0.29, 0.717) is 35.4 Å². The number of rotatable bonds is 10. The Kier molecular flexibility index (Phi) is 6.38. The van der Waals surface area contributed by atoms with Crippen LogP contribution in [-0.4, -0.2) is 44.9 Å². The van der Waals surface area contributed by atoms with Crippen LogP contribution in [0.4, 0.5) is 5.69 Å². The van der Waals surface area contributed by atoms with Crippen molar-refractivity contribution in [3.63, 3.8) is 0 Å². The molecule has 1 aliphatic heterocycles. The minimum Gasteiger partial charge on any atom is -0.493 e. The summed E-state index contributed by atoms with van der Waals surface area (Å²) in [5.74, 6) is 1.76. The van der Waals surface area contributed by atoms with Gasteiger partial charge in [-0.15, -0.1) is 0 Å². The van der Waals surface area contributed by atoms with Crippen LogP contribution in [0.5, 0.6) is 17.2 Å². The van der Waals surface area contributed by atoms with Crippen LogP contribution in [0.1, 0.15) is 30.7 Å². The minimum atomic E-state index is -4.02. The van der Waals surface area contributed by atoms with Gasteiger partial charge in [-0.1, -0.05) is 12.1 Å². The molecule has 1 heterocycles. The summed E-state index contributed by atoms with van der Waals surface area (Å²) in [5.41, 5.74) is 1.93. The Bertz CT molecular complexity index is 1120. The summed E-state index contributed by atoms with van der Waals surface area (Å²) < 4.78 is 47.1. The van der Waals surface area contributed by atoms with E-state index in [1.54, 1.807) is 29.2 Å².